The fourth-order valence-corrected chi connectivity index (χ4v) is 4.54. The summed E-state index contributed by atoms with van der Waals surface area (Å²) in [7, 11) is 0. The van der Waals surface area contributed by atoms with Crippen LogP contribution in [0.1, 0.15) is 50.9 Å². The average Bonchev–Trinajstić information content (AvgIpc) is 3.20. The van der Waals surface area contributed by atoms with E-state index in [0.29, 0.717) is 22.3 Å². The Balaban J connectivity index is 1.93. The molecule has 0 fully saturated rings. The standard InChI is InChI=1S/C24H20F6O3S/c1-13-11-17(12-14(2)20(13)15-3-5-16(6-4-15)24(28,29)30)33-19(7-9-23(25,26)27)18-8-10-34-21(18)22(31)32/h3-6,8,10-12,19H,7,9H2,1-2H3,(H,31,32). The second-order valence-corrected chi connectivity index (χ2v) is 8.69. The minimum atomic E-state index is -4.46. The van der Waals surface area contributed by atoms with Crippen LogP contribution in [0.25, 0.3) is 11.1 Å². The Bertz CT molecular complexity index is 1140. The molecule has 3 rings (SSSR count). The second kappa shape index (κ2) is 9.69. The molecule has 0 aliphatic rings. The molecule has 0 saturated carbocycles. The van der Waals surface area contributed by atoms with E-state index in [2.05, 4.69) is 0 Å². The predicted molar refractivity (Wildman–Crippen MR) is 116 cm³/mol. The number of ether oxygens (including phenoxy) is 1. The molecule has 0 aliphatic carbocycles. The molecule has 0 spiro atoms. The fraction of sp³-hybridized carbons (Fsp3) is 0.292. The molecule has 1 N–H and O–H groups in total. The molecular formula is C24H20F6O3S. The molecule has 1 atom stereocenters. The molecule has 34 heavy (non-hydrogen) atoms. The number of halogens is 6. The van der Waals surface area contributed by atoms with E-state index >= 15 is 0 Å². The van der Waals surface area contributed by atoms with E-state index < -0.39 is 42.8 Å². The first-order valence-corrected chi connectivity index (χ1v) is 11.0. The predicted octanol–water partition coefficient (Wildman–Crippen LogP) is 8.21. The van der Waals surface area contributed by atoms with E-state index in [1.165, 1.54) is 23.6 Å². The lowest BCUT2D eigenvalue weighted by Crippen LogP contribution is -2.16. The molecule has 2 aromatic carbocycles. The lowest BCUT2D eigenvalue weighted by molar-refractivity contribution is -0.139. The van der Waals surface area contributed by atoms with Crippen molar-refractivity contribution >= 4 is 17.3 Å². The van der Waals surface area contributed by atoms with Crippen molar-refractivity contribution in [3.63, 3.8) is 0 Å². The van der Waals surface area contributed by atoms with E-state index in [1.54, 1.807) is 26.0 Å². The number of aromatic carboxylic acids is 1. The van der Waals surface area contributed by atoms with Crippen LogP contribution in [0.15, 0.2) is 47.8 Å². The van der Waals surface area contributed by atoms with Crippen LogP contribution in [-0.2, 0) is 6.18 Å². The summed E-state index contributed by atoms with van der Waals surface area (Å²) in [4.78, 5) is 11.4. The first-order valence-electron chi connectivity index (χ1n) is 10.1. The van der Waals surface area contributed by atoms with Crippen LogP contribution in [0, 0.1) is 13.8 Å². The quantitative estimate of drug-likeness (QED) is 0.331. The van der Waals surface area contributed by atoms with Crippen LogP contribution in [0.4, 0.5) is 26.3 Å². The molecule has 0 radical (unpaired) electrons. The summed E-state index contributed by atoms with van der Waals surface area (Å²) in [5, 5.41) is 10.9. The lowest BCUT2D eigenvalue weighted by Gasteiger charge is -2.22. The Hall–Kier alpha value is -3.01. The van der Waals surface area contributed by atoms with Gasteiger partial charge in [0.15, 0.2) is 0 Å². The number of thiophene rings is 1. The van der Waals surface area contributed by atoms with Crippen molar-refractivity contribution in [1.29, 1.82) is 0 Å². The average molecular weight is 502 g/mol. The van der Waals surface area contributed by atoms with Gasteiger partial charge in [-0.05, 0) is 78.2 Å². The van der Waals surface area contributed by atoms with Gasteiger partial charge in [-0.3, -0.25) is 0 Å². The molecule has 0 amide bonds. The maximum Gasteiger partial charge on any atom is 0.416 e. The Morgan fingerprint density at radius 2 is 1.59 bits per heavy atom. The van der Waals surface area contributed by atoms with E-state index in [0.717, 1.165) is 23.5 Å². The summed E-state index contributed by atoms with van der Waals surface area (Å²) < 4.78 is 83.1. The Morgan fingerprint density at radius 3 is 2.09 bits per heavy atom. The number of alkyl halides is 6. The first kappa shape index (κ1) is 25.6. The number of carboxylic acids is 1. The van der Waals surface area contributed by atoms with Gasteiger partial charge in [0.1, 0.15) is 16.7 Å². The van der Waals surface area contributed by atoms with Gasteiger partial charge in [0.25, 0.3) is 0 Å². The summed E-state index contributed by atoms with van der Waals surface area (Å²) in [5.74, 6) is -1.02. The Kier molecular flexibility index (Phi) is 7.30. The molecule has 1 aromatic heterocycles. The molecule has 182 valence electrons. The highest BCUT2D eigenvalue weighted by atomic mass is 32.1. The van der Waals surface area contributed by atoms with Crippen molar-refractivity contribution in [1.82, 2.24) is 0 Å². The largest absolute Gasteiger partial charge is 0.486 e. The van der Waals surface area contributed by atoms with Crippen LogP contribution in [0.2, 0.25) is 0 Å². The summed E-state index contributed by atoms with van der Waals surface area (Å²) >= 11 is 0.898. The molecular weight excluding hydrogens is 482 g/mol. The van der Waals surface area contributed by atoms with E-state index in [1.807, 2.05) is 0 Å². The van der Waals surface area contributed by atoms with E-state index in [-0.39, 0.29) is 16.2 Å². The van der Waals surface area contributed by atoms with Crippen molar-refractivity contribution in [3.8, 4) is 16.9 Å². The third-order valence-electron chi connectivity index (χ3n) is 5.21. The van der Waals surface area contributed by atoms with Gasteiger partial charge in [-0.2, -0.15) is 26.3 Å². The normalized spacial score (nSPS) is 13.1. The van der Waals surface area contributed by atoms with Crippen molar-refractivity contribution < 1.29 is 41.0 Å². The Morgan fingerprint density at radius 1 is 1.00 bits per heavy atom. The second-order valence-electron chi connectivity index (χ2n) is 7.78. The molecule has 0 aliphatic heterocycles. The van der Waals surface area contributed by atoms with Gasteiger partial charge in [-0.1, -0.05) is 12.1 Å². The van der Waals surface area contributed by atoms with Crippen molar-refractivity contribution in [3.05, 3.63) is 75.0 Å². The van der Waals surface area contributed by atoms with Crippen molar-refractivity contribution in [2.75, 3.05) is 0 Å². The number of carboxylic acid groups (broad SMARTS) is 1. The SMILES string of the molecule is Cc1cc(OC(CCC(F)(F)F)c2ccsc2C(=O)O)cc(C)c1-c1ccc(C(F)(F)F)cc1. The number of carbonyl (C=O) groups is 1. The Labute approximate surface area is 195 Å². The third kappa shape index (κ3) is 6.11. The molecule has 10 heteroatoms. The highest BCUT2D eigenvalue weighted by Gasteiger charge is 2.32. The van der Waals surface area contributed by atoms with Gasteiger partial charge in [-0.25, -0.2) is 4.79 Å². The molecule has 1 unspecified atom stereocenters. The van der Waals surface area contributed by atoms with Crippen LogP contribution < -0.4 is 4.74 Å². The smallest absolute Gasteiger partial charge is 0.416 e. The van der Waals surface area contributed by atoms with Gasteiger partial charge >= 0.3 is 18.3 Å². The third-order valence-corrected chi connectivity index (χ3v) is 6.13. The maximum atomic E-state index is 12.9. The summed E-state index contributed by atoms with van der Waals surface area (Å²) in [6.45, 7) is 3.43. The molecule has 0 saturated heterocycles. The summed E-state index contributed by atoms with van der Waals surface area (Å²) in [6, 6.07) is 9.27. The minimum Gasteiger partial charge on any atom is -0.486 e. The van der Waals surface area contributed by atoms with Crippen LogP contribution in [-0.4, -0.2) is 17.3 Å². The highest BCUT2D eigenvalue weighted by Crippen LogP contribution is 2.38. The number of aryl methyl sites for hydroxylation is 2. The zero-order valence-corrected chi connectivity index (χ0v) is 18.9. The summed E-state index contributed by atoms with van der Waals surface area (Å²) in [6.07, 6.45) is -11.7. The number of rotatable bonds is 7. The van der Waals surface area contributed by atoms with Crippen LogP contribution >= 0.6 is 11.3 Å². The topological polar surface area (TPSA) is 46.5 Å². The van der Waals surface area contributed by atoms with Crippen LogP contribution in [0.3, 0.4) is 0 Å². The van der Waals surface area contributed by atoms with Gasteiger partial charge in [0, 0.05) is 12.0 Å². The van der Waals surface area contributed by atoms with Crippen molar-refractivity contribution in [2.45, 2.75) is 45.1 Å². The fourth-order valence-electron chi connectivity index (χ4n) is 3.76. The van der Waals surface area contributed by atoms with Gasteiger partial charge in [0.05, 0.1) is 5.56 Å². The van der Waals surface area contributed by atoms with Crippen LogP contribution in [0.5, 0.6) is 5.75 Å². The number of benzene rings is 2. The van der Waals surface area contributed by atoms with E-state index in [4.69, 9.17) is 4.74 Å². The monoisotopic (exact) mass is 502 g/mol. The van der Waals surface area contributed by atoms with Gasteiger partial charge < -0.3 is 9.84 Å². The van der Waals surface area contributed by atoms with Gasteiger partial charge in [-0.15, -0.1) is 11.3 Å². The zero-order valence-electron chi connectivity index (χ0n) is 18.1. The molecule has 0 bridgehead atoms. The molecule has 3 nitrogen and oxygen atoms in total. The first-order chi connectivity index (χ1) is 15.8. The van der Waals surface area contributed by atoms with Gasteiger partial charge in [0.2, 0.25) is 0 Å². The van der Waals surface area contributed by atoms with Crippen molar-refractivity contribution in [2.24, 2.45) is 0 Å². The minimum absolute atomic E-state index is 0.0954. The highest BCUT2D eigenvalue weighted by molar-refractivity contribution is 7.12. The number of hydrogen-bond acceptors (Lipinski definition) is 3. The molecule has 3 aromatic rings. The number of hydrogen-bond donors (Lipinski definition) is 1. The zero-order chi connectivity index (χ0) is 25.3. The summed E-state index contributed by atoms with van der Waals surface area (Å²) in [5.41, 5.74) is 1.90. The lowest BCUT2D eigenvalue weighted by atomic mass is 9.94. The maximum absolute atomic E-state index is 12.9. The molecule has 1 heterocycles. The van der Waals surface area contributed by atoms with E-state index in [9.17, 15) is 36.2 Å².